The Kier molecular flexibility index (Phi) is 4.84. The first kappa shape index (κ1) is 17.9. The van der Waals surface area contributed by atoms with E-state index >= 15 is 0 Å². The molecule has 0 saturated carbocycles. The molecule has 1 atom stereocenters. The first-order valence-corrected chi connectivity index (χ1v) is 9.82. The van der Waals surface area contributed by atoms with E-state index < -0.39 is 0 Å². The highest BCUT2D eigenvalue weighted by Crippen LogP contribution is 2.34. The van der Waals surface area contributed by atoms with Crippen molar-refractivity contribution in [2.75, 3.05) is 32.5 Å². The number of likely N-dealkylation sites (tertiary alicyclic amines) is 1. The molecule has 0 spiro atoms. The summed E-state index contributed by atoms with van der Waals surface area (Å²) in [5.74, 6) is 1.66. The number of furan rings is 1. The largest absolute Gasteiger partial charge is 0.467 e. The Morgan fingerprint density at radius 1 is 1.44 bits per heavy atom. The van der Waals surface area contributed by atoms with E-state index in [0.29, 0.717) is 12.6 Å². The summed E-state index contributed by atoms with van der Waals surface area (Å²) in [4.78, 5) is 27.6. The molecule has 3 aromatic rings. The molecular weight excluding hydrogens is 362 g/mol. The number of aryl methyl sites for hydroxylation is 1. The molecule has 0 bridgehead atoms. The van der Waals surface area contributed by atoms with E-state index in [9.17, 15) is 4.79 Å². The summed E-state index contributed by atoms with van der Waals surface area (Å²) >= 11 is 1.45. The van der Waals surface area contributed by atoms with E-state index in [-0.39, 0.29) is 5.91 Å². The van der Waals surface area contributed by atoms with Crippen molar-refractivity contribution >= 4 is 33.3 Å². The van der Waals surface area contributed by atoms with E-state index in [0.717, 1.165) is 51.7 Å². The maximum absolute atomic E-state index is 13.1. The molecule has 7 nitrogen and oxygen atoms in total. The van der Waals surface area contributed by atoms with Gasteiger partial charge < -0.3 is 19.5 Å². The minimum Gasteiger partial charge on any atom is -0.467 e. The van der Waals surface area contributed by atoms with Gasteiger partial charge in [-0.1, -0.05) is 0 Å². The fraction of sp³-hybridized carbons (Fsp3) is 0.421. The zero-order chi connectivity index (χ0) is 19.0. The van der Waals surface area contributed by atoms with Crippen molar-refractivity contribution in [1.29, 1.82) is 0 Å². The molecule has 8 heteroatoms. The number of carbonyl (C=O) groups excluding carboxylic acids is 1. The lowest BCUT2D eigenvalue weighted by molar-refractivity contribution is 0.0787. The molecule has 142 valence electrons. The van der Waals surface area contributed by atoms with Gasteiger partial charge in [-0.25, -0.2) is 9.97 Å². The van der Waals surface area contributed by atoms with Gasteiger partial charge in [0.15, 0.2) is 0 Å². The Morgan fingerprint density at radius 3 is 3.00 bits per heavy atom. The highest BCUT2D eigenvalue weighted by Gasteiger charge is 2.30. The summed E-state index contributed by atoms with van der Waals surface area (Å²) in [6.07, 6.45) is 4.20. The molecule has 1 aliphatic rings. The molecule has 1 fully saturated rings. The van der Waals surface area contributed by atoms with Crippen LogP contribution in [0.1, 0.15) is 27.4 Å². The molecule has 1 amide bonds. The van der Waals surface area contributed by atoms with Crippen LogP contribution in [0.4, 0.5) is 5.82 Å². The van der Waals surface area contributed by atoms with Crippen molar-refractivity contribution in [3.8, 4) is 0 Å². The first-order valence-electron chi connectivity index (χ1n) is 9.00. The molecule has 1 saturated heterocycles. The van der Waals surface area contributed by atoms with Crippen LogP contribution in [0, 0.1) is 6.92 Å². The van der Waals surface area contributed by atoms with Gasteiger partial charge in [-0.15, -0.1) is 11.3 Å². The van der Waals surface area contributed by atoms with Gasteiger partial charge in [0.1, 0.15) is 22.7 Å². The monoisotopic (exact) mass is 385 g/mol. The van der Waals surface area contributed by atoms with Crippen molar-refractivity contribution in [3.63, 3.8) is 0 Å². The zero-order valence-electron chi connectivity index (χ0n) is 15.7. The number of anilines is 1. The Bertz CT molecular complexity index is 951. The minimum absolute atomic E-state index is 0.0943. The van der Waals surface area contributed by atoms with E-state index in [4.69, 9.17) is 4.42 Å². The molecule has 4 rings (SSSR count). The van der Waals surface area contributed by atoms with Gasteiger partial charge in [-0.05, 0) is 45.1 Å². The predicted octanol–water partition coefficient (Wildman–Crippen LogP) is 2.98. The number of amides is 1. The quantitative estimate of drug-likeness (QED) is 0.728. The topological polar surface area (TPSA) is 74.5 Å². The lowest BCUT2D eigenvalue weighted by Crippen LogP contribution is -2.34. The van der Waals surface area contributed by atoms with Gasteiger partial charge in [-0.3, -0.25) is 4.79 Å². The van der Waals surface area contributed by atoms with Gasteiger partial charge >= 0.3 is 0 Å². The summed E-state index contributed by atoms with van der Waals surface area (Å²) in [5.41, 5.74) is 0.941. The smallest absolute Gasteiger partial charge is 0.264 e. The van der Waals surface area contributed by atoms with E-state index in [1.165, 1.54) is 17.7 Å². The number of hydrogen-bond donors (Lipinski definition) is 1. The number of nitrogens with zero attached hydrogens (tertiary/aromatic N) is 4. The fourth-order valence-electron chi connectivity index (χ4n) is 3.49. The summed E-state index contributed by atoms with van der Waals surface area (Å²) in [6, 6.07) is 4.19. The van der Waals surface area contributed by atoms with Crippen LogP contribution in [-0.2, 0) is 6.54 Å². The molecular formula is C19H23N5O2S. The highest BCUT2D eigenvalue weighted by atomic mass is 32.1. The van der Waals surface area contributed by atoms with Crippen LogP contribution in [0.25, 0.3) is 10.2 Å². The van der Waals surface area contributed by atoms with Crippen LogP contribution >= 0.6 is 11.3 Å². The van der Waals surface area contributed by atoms with E-state index in [1.807, 2.05) is 24.0 Å². The van der Waals surface area contributed by atoms with Gasteiger partial charge in [0.05, 0.1) is 23.1 Å². The van der Waals surface area contributed by atoms with Gasteiger partial charge in [0.2, 0.25) is 0 Å². The number of fused-ring (bicyclic) bond motifs is 1. The minimum atomic E-state index is 0.0943. The molecule has 27 heavy (non-hydrogen) atoms. The molecule has 1 unspecified atom stereocenters. The zero-order valence-corrected chi connectivity index (χ0v) is 16.5. The van der Waals surface area contributed by atoms with Crippen molar-refractivity contribution < 1.29 is 9.21 Å². The van der Waals surface area contributed by atoms with E-state index in [1.54, 1.807) is 6.26 Å². The molecule has 1 aliphatic heterocycles. The first-order chi connectivity index (χ1) is 13.0. The SMILES string of the molecule is Cc1c(C(=O)N2CCC(N(C)C)C2)sc2ncnc(NCc3ccco3)c12. The lowest BCUT2D eigenvalue weighted by Gasteiger charge is -2.20. The number of nitrogens with one attached hydrogen (secondary N) is 1. The predicted molar refractivity (Wildman–Crippen MR) is 106 cm³/mol. The Labute approximate surface area is 162 Å². The Balaban J connectivity index is 1.60. The number of aromatic nitrogens is 2. The van der Waals surface area contributed by atoms with Crippen LogP contribution in [0.3, 0.4) is 0 Å². The fourth-order valence-corrected chi connectivity index (χ4v) is 4.60. The number of thiophene rings is 1. The summed E-state index contributed by atoms with van der Waals surface area (Å²) in [7, 11) is 4.13. The molecule has 0 aromatic carbocycles. The van der Waals surface area contributed by atoms with Gasteiger partial charge in [-0.2, -0.15) is 0 Å². The number of rotatable bonds is 5. The van der Waals surface area contributed by atoms with Crippen molar-refractivity contribution in [3.05, 3.63) is 40.9 Å². The van der Waals surface area contributed by atoms with Crippen LogP contribution in [0.2, 0.25) is 0 Å². The number of carbonyl (C=O) groups is 1. The molecule has 4 heterocycles. The number of hydrogen-bond acceptors (Lipinski definition) is 7. The van der Waals surface area contributed by atoms with Crippen molar-refractivity contribution in [2.45, 2.75) is 25.9 Å². The molecule has 0 radical (unpaired) electrons. The van der Waals surface area contributed by atoms with Gasteiger partial charge in [0.25, 0.3) is 5.91 Å². The van der Waals surface area contributed by atoms with Crippen LogP contribution in [0.15, 0.2) is 29.1 Å². The highest BCUT2D eigenvalue weighted by molar-refractivity contribution is 7.20. The van der Waals surface area contributed by atoms with Crippen molar-refractivity contribution in [2.24, 2.45) is 0 Å². The number of likely N-dealkylation sites (N-methyl/N-ethyl adjacent to an activating group) is 1. The van der Waals surface area contributed by atoms with Gasteiger partial charge in [0, 0.05) is 19.1 Å². The molecule has 3 aromatic heterocycles. The normalized spacial score (nSPS) is 17.2. The van der Waals surface area contributed by atoms with Crippen LogP contribution < -0.4 is 5.32 Å². The summed E-state index contributed by atoms with van der Waals surface area (Å²) in [6.45, 7) is 4.08. The Hall–Kier alpha value is -2.45. The third-order valence-corrected chi connectivity index (χ3v) is 6.30. The maximum atomic E-state index is 13.1. The second-order valence-corrected chi connectivity index (χ2v) is 8.05. The second kappa shape index (κ2) is 7.28. The van der Waals surface area contributed by atoms with E-state index in [2.05, 4.69) is 34.3 Å². The summed E-state index contributed by atoms with van der Waals surface area (Å²) in [5, 5.41) is 4.22. The van der Waals surface area contributed by atoms with Crippen molar-refractivity contribution in [1.82, 2.24) is 19.8 Å². The molecule has 0 aliphatic carbocycles. The maximum Gasteiger partial charge on any atom is 0.264 e. The third-order valence-electron chi connectivity index (χ3n) is 5.11. The summed E-state index contributed by atoms with van der Waals surface area (Å²) < 4.78 is 5.37. The standard InChI is InChI=1S/C19H23N5O2S/c1-12-15-17(20-9-14-5-4-8-26-14)21-11-22-18(15)27-16(12)19(25)24-7-6-13(10-24)23(2)3/h4-5,8,11,13H,6-7,9-10H2,1-3H3,(H,20,21,22). The van der Waals surface area contributed by atoms with Crippen LogP contribution in [-0.4, -0.2) is 58.9 Å². The second-order valence-electron chi connectivity index (χ2n) is 7.05. The lowest BCUT2D eigenvalue weighted by atomic mass is 10.2. The average Bonchev–Trinajstić information content (AvgIpc) is 3.40. The third kappa shape index (κ3) is 3.42. The van der Waals surface area contributed by atoms with Crippen LogP contribution in [0.5, 0.6) is 0 Å². The average molecular weight is 385 g/mol. The molecule has 1 N–H and O–H groups in total. The Morgan fingerprint density at radius 2 is 2.30 bits per heavy atom.